The number of benzene rings is 2. The molecule has 29 heavy (non-hydrogen) atoms. The number of rotatable bonds is 6. The van der Waals surface area contributed by atoms with Crippen molar-refractivity contribution in [2.24, 2.45) is 0 Å². The third kappa shape index (κ3) is 4.47. The van der Waals surface area contributed by atoms with Gasteiger partial charge in [0.1, 0.15) is 5.76 Å². The number of nitrogens with one attached hydrogen (secondary N) is 1. The first-order valence-corrected chi connectivity index (χ1v) is 9.14. The summed E-state index contributed by atoms with van der Waals surface area (Å²) in [5.74, 6) is 1.20. The highest BCUT2D eigenvalue weighted by Gasteiger charge is 2.15. The molecular weight excluding hydrogens is 366 g/mol. The summed E-state index contributed by atoms with van der Waals surface area (Å²) in [6.07, 6.45) is 0. The number of para-hydroxylation sites is 1. The van der Waals surface area contributed by atoms with Crippen molar-refractivity contribution in [2.75, 3.05) is 10.2 Å². The fourth-order valence-electron chi connectivity index (χ4n) is 2.87. The van der Waals surface area contributed by atoms with Crippen LogP contribution in [0.4, 0.5) is 17.3 Å². The lowest BCUT2D eigenvalue weighted by molar-refractivity contribution is 0.102. The molecule has 0 radical (unpaired) electrons. The molecule has 0 atom stereocenters. The van der Waals surface area contributed by atoms with Crippen LogP contribution in [0.3, 0.4) is 0 Å². The van der Waals surface area contributed by atoms with E-state index >= 15 is 0 Å². The Morgan fingerprint density at radius 1 is 0.966 bits per heavy atom. The number of carbonyl (C=O) groups is 1. The molecule has 0 bridgehead atoms. The van der Waals surface area contributed by atoms with E-state index in [4.69, 9.17) is 4.52 Å². The molecule has 0 aliphatic rings. The molecule has 1 N–H and O–H groups in total. The average molecular weight is 385 g/mol. The Kier molecular flexibility index (Phi) is 5.29. The quantitative estimate of drug-likeness (QED) is 0.531. The third-order valence-corrected chi connectivity index (χ3v) is 4.28. The van der Waals surface area contributed by atoms with E-state index in [0.717, 1.165) is 11.3 Å². The summed E-state index contributed by atoms with van der Waals surface area (Å²) in [6, 6.07) is 25.1. The van der Waals surface area contributed by atoms with Crippen LogP contribution in [-0.2, 0) is 6.54 Å². The van der Waals surface area contributed by atoms with Gasteiger partial charge in [0, 0.05) is 18.3 Å². The first-order valence-electron chi connectivity index (χ1n) is 9.14. The van der Waals surface area contributed by atoms with E-state index in [9.17, 15) is 4.79 Å². The maximum Gasteiger partial charge on any atom is 0.277 e. The monoisotopic (exact) mass is 385 g/mol. The summed E-state index contributed by atoms with van der Waals surface area (Å²) in [7, 11) is 0. The van der Waals surface area contributed by atoms with Gasteiger partial charge in [-0.15, -0.1) is 10.2 Å². The van der Waals surface area contributed by atoms with Crippen LogP contribution in [0.15, 0.2) is 83.4 Å². The Labute approximate surface area is 168 Å². The number of amides is 1. The molecule has 2 aromatic carbocycles. The van der Waals surface area contributed by atoms with Crippen molar-refractivity contribution in [3.63, 3.8) is 0 Å². The summed E-state index contributed by atoms with van der Waals surface area (Å²) in [5, 5.41) is 14.8. The van der Waals surface area contributed by atoms with Crippen LogP contribution in [0, 0.1) is 6.92 Å². The van der Waals surface area contributed by atoms with Gasteiger partial charge in [-0.05, 0) is 36.8 Å². The summed E-state index contributed by atoms with van der Waals surface area (Å²) >= 11 is 0. The number of aromatic nitrogens is 3. The molecule has 0 saturated heterocycles. The van der Waals surface area contributed by atoms with Gasteiger partial charge in [0.15, 0.2) is 17.3 Å². The number of nitrogens with zero attached hydrogens (tertiary/aromatic N) is 4. The minimum absolute atomic E-state index is 0.196. The summed E-state index contributed by atoms with van der Waals surface area (Å²) in [5.41, 5.74) is 2.32. The van der Waals surface area contributed by atoms with Crippen molar-refractivity contribution in [1.82, 2.24) is 15.4 Å². The smallest absolute Gasteiger partial charge is 0.277 e. The fraction of sp³-hybridized carbons (Fsp3) is 0.0909. The zero-order chi connectivity index (χ0) is 20.1. The predicted molar refractivity (Wildman–Crippen MR) is 110 cm³/mol. The third-order valence-electron chi connectivity index (χ3n) is 4.28. The fourth-order valence-corrected chi connectivity index (χ4v) is 2.87. The van der Waals surface area contributed by atoms with Crippen LogP contribution < -0.4 is 10.2 Å². The van der Waals surface area contributed by atoms with Gasteiger partial charge in [0.2, 0.25) is 0 Å². The van der Waals surface area contributed by atoms with E-state index in [1.165, 1.54) is 0 Å². The van der Waals surface area contributed by atoms with Crippen molar-refractivity contribution in [2.45, 2.75) is 13.5 Å². The van der Waals surface area contributed by atoms with E-state index in [1.54, 1.807) is 25.1 Å². The molecule has 0 aliphatic heterocycles. The second-order valence-corrected chi connectivity index (χ2v) is 6.46. The Morgan fingerprint density at radius 2 is 1.69 bits per heavy atom. The molecule has 0 unspecified atom stereocenters. The molecule has 0 fully saturated rings. The topological polar surface area (TPSA) is 84.2 Å². The number of carbonyl (C=O) groups excluding carboxylic acids is 1. The first-order chi connectivity index (χ1) is 14.2. The van der Waals surface area contributed by atoms with Crippen molar-refractivity contribution in [1.29, 1.82) is 0 Å². The maximum absolute atomic E-state index is 12.4. The maximum atomic E-state index is 12.4. The normalized spacial score (nSPS) is 10.5. The van der Waals surface area contributed by atoms with Crippen molar-refractivity contribution in [3.05, 3.63) is 95.9 Å². The largest absolute Gasteiger partial charge is 0.360 e. The zero-order valence-corrected chi connectivity index (χ0v) is 15.8. The predicted octanol–water partition coefficient (Wildman–Crippen LogP) is 4.36. The molecule has 144 valence electrons. The van der Waals surface area contributed by atoms with E-state index < -0.39 is 5.91 Å². The van der Waals surface area contributed by atoms with Gasteiger partial charge in [-0.25, -0.2) is 0 Å². The Morgan fingerprint density at radius 3 is 2.31 bits per heavy atom. The first kappa shape index (κ1) is 18.4. The molecular formula is C22H19N5O2. The minimum Gasteiger partial charge on any atom is -0.360 e. The number of hydrogen-bond donors (Lipinski definition) is 1. The van der Waals surface area contributed by atoms with E-state index in [1.807, 2.05) is 53.4 Å². The second-order valence-electron chi connectivity index (χ2n) is 6.46. The van der Waals surface area contributed by atoms with Gasteiger partial charge >= 0.3 is 0 Å². The highest BCUT2D eigenvalue weighted by molar-refractivity contribution is 6.02. The Hall–Kier alpha value is -4.00. The minimum atomic E-state index is -0.397. The Balaban J connectivity index is 1.57. The molecule has 4 rings (SSSR count). The second kappa shape index (κ2) is 8.35. The van der Waals surface area contributed by atoms with Crippen LogP contribution in [-0.4, -0.2) is 21.3 Å². The van der Waals surface area contributed by atoms with Crippen LogP contribution in [0.2, 0.25) is 0 Å². The van der Waals surface area contributed by atoms with E-state index in [0.29, 0.717) is 23.9 Å². The highest BCUT2D eigenvalue weighted by atomic mass is 16.5. The van der Waals surface area contributed by atoms with E-state index in [2.05, 4.69) is 32.8 Å². The zero-order valence-electron chi connectivity index (χ0n) is 15.8. The molecule has 7 nitrogen and oxygen atoms in total. The van der Waals surface area contributed by atoms with E-state index in [-0.39, 0.29) is 5.69 Å². The molecule has 7 heteroatoms. The summed E-state index contributed by atoms with van der Waals surface area (Å²) in [6.45, 7) is 2.38. The lowest BCUT2D eigenvalue weighted by Crippen LogP contribution is -2.20. The van der Waals surface area contributed by atoms with Gasteiger partial charge in [0.05, 0.1) is 0 Å². The molecule has 4 aromatic rings. The van der Waals surface area contributed by atoms with Gasteiger partial charge in [-0.1, -0.05) is 53.7 Å². The van der Waals surface area contributed by atoms with Crippen LogP contribution >= 0.6 is 0 Å². The Bertz CT molecular complexity index is 1080. The highest BCUT2D eigenvalue weighted by Crippen LogP contribution is 2.25. The number of anilines is 3. The summed E-state index contributed by atoms with van der Waals surface area (Å²) < 4.78 is 4.95. The molecule has 0 aliphatic carbocycles. The molecule has 0 spiro atoms. The van der Waals surface area contributed by atoms with Gasteiger partial charge in [0.25, 0.3) is 5.91 Å². The van der Waals surface area contributed by atoms with Gasteiger partial charge < -0.3 is 14.7 Å². The standard InChI is InChI=1S/C22H19N5O2/c1-16-14-20(26-29-16)23-22(28)19-12-13-21(25-24-19)27(18-10-6-3-7-11-18)15-17-8-4-2-5-9-17/h2-14H,15H2,1H3,(H,23,26,28). The number of hydrogen-bond acceptors (Lipinski definition) is 6. The lowest BCUT2D eigenvalue weighted by Gasteiger charge is -2.23. The lowest BCUT2D eigenvalue weighted by atomic mass is 10.2. The molecule has 2 aromatic heterocycles. The SMILES string of the molecule is Cc1cc(NC(=O)c2ccc(N(Cc3ccccc3)c3ccccc3)nn2)no1. The van der Waals surface area contributed by atoms with Crippen LogP contribution in [0.1, 0.15) is 21.8 Å². The van der Waals surface area contributed by atoms with Crippen LogP contribution in [0.25, 0.3) is 0 Å². The van der Waals surface area contributed by atoms with Crippen molar-refractivity contribution < 1.29 is 9.32 Å². The van der Waals surface area contributed by atoms with Crippen LogP contribution in [0.5, 0.6) is 0 Å². The molecule has 0 saturated carbocycles. The molecule has 1 amide bonds. The summed E-state index contributed by atoms with van der Waals surface area (Å²) in [4.78, 5) is 14.4. The molecule has 2 heterocycles. The van der Waals surface area contributed by atoms with Crippen molar-refractivity contribution in [3.8, 4) is 0 Å². The average Bonchev–Trinajstić information content (AvgIpc) is 3.18. The van der Waals surface area contributed by atoms with Gasteiger partial charge in [-0.2, -0.15) is 0 Å². The van der Waals surface area contributed by atoms with Crippen molar-refractivity contribution >= 4 is 23.2 Å². The number of aryl methyl sites for hydroxylation is 1. The van der Waals surface area contributed by atoms with Gasteiger partial charge in [-0.3, -0.25) is 4.79 Å².